The molecular formula is C31H25N3. The predicted octanol–water partition coefficient (Wildman–Crippen LogP) is 7.39. The zero-order chi connectivity index (χ0) is 22.9. The summed E-state index contributed by atoms with van der Waals surface area (Å²) < 4.78 is 0. The number of benzene rings is 3. The molecule has 1 heterocycles. The van der Waals surface area contributed by atoms with Crippen LogP contribution >= 0.6 is 0 Å². The summed E-state index contributed by atoms with van der Waals surface area (Å²) in [6.45, 7) is 2.20. The van der Waals surface area contributed by atoms with Gasteiger partial charge in [0.1, 0.15) is 0 Å². The van der Waals surface area contributed by atoms with Gasteiger partial charge in [-0.25, -0.2) is 9.97 Å². The molecule has 0 saturated heterocycles. The first-order chi connectivity index (χ1) is 16.7. The molecule has 34 heavy (non-hydrogen) atoms. The quantitative estimate of drug-likeness (QED) is 0.333. The third kappa shape index (κ3) is 3.86. The van der Waals surface area contributed by atoms with Crippen LogP contribution in [0.15, 0.2) is 121 Å². The van der Waals surface area contributed by atoms with E-state index in [9.17, 15) is 0 Å². The van der Waals surface area contributed by atoms with Crippen LogP contribution in [0.25, 0.3) is 27.9 Å². The number of rotatable bonds is 3. The first-order valence-corrected chi connectivity index (χ1v) is 11.7. The molecule has 2 aliphatic carbocycles. The van der Waals surface area contributed by atoms with E-state index in [0.29, 0.717) is 5.92 Å². The van der Waals surface area contributed by atoms with Gasteiger partial charge in [-0.05, 0) is 65.3 Å². The van der Waals surface area contributed by atoms with E-state index in [-0.39, 0.29) is 0 Å². The van der Waals surface area contributed by atoms with E-state index in [2.05, 4.69) is 103 Å². The van der Waals surface area contributed by atoms with Gasteiger partial charge in [0.15, 0.2) is 0 Å². The van der Waals surface area contributed by atoms with Crippen LogP contribution in [-0.2, 0) is 6.42 Å². The maximum Gasteiger partial charge on any atom is 0.0894 e. The van der Waals surface area contributed by atoms with Crippen molar-refractivity contribution in [3.05, 3.63) is 132 Å². The van der Waals surface area contributed by atoms with Gasteiger partial charge in [-0.1, -0.05) is 73.7 Å². The normalized spacial score (nSPS) is 17.1. The van der Waals surface area contributed by atoms with Crippen LogP contribution in [0.3, 0.4) is 0 Å². The number of hydrogen-bond donors (Lipinski definition) is 0. The van der Waals surface area contributed by atoms with Crippen LogP contribution in [0.2, 0.25) is 0 Å². The van der Waals surface area contributed by atoms with Gasteiger partial charge < -0.3 is 4.90 Å². The van der Waals surface area contributed by atoms with Gasteiger partial charge in [-0.2, -0.15) is 0 Å². The van der Waals surface area contributed by atoms with Crippen LogP contribution < -0.4 is 4.90 Å². The van der Waals surface area contributed by atoms with Crippen LogP contribution in [0.5, 0.6) is 0 Å². The molecule has 3 nitrogen and oxygen atoms in total. The summed E-state index contributed by atoms with van der Waals surface area (Å²) in [5.74, 6) is 0.399. The second-order valence-electron chi connectivity index (χ2n) is 8.77. The molecule has 0 amide bonds. The molecule has 0 bridgehead atoms. The fraction of sp³-hybridized carbons (Fsp3) is 0.0968. The lowest BCUT2D eigenvalue weighted by Crippen LogP contribution is -2.20. The minimum Gasteiger partial charge on any atom is -0.311 e. The molecule has 3 heteroatoms. The third-order valence-corrected chi connectivity index (χ3v) is 6.35. The summed E-state index contributed by atoms with van der Waals surface area (Å²) in [7, 11) is 0. The Labute approximate surface area is 199 Å². The molecule has 2 aliphatic rings. The summed E-state index contributed by atoms with van der Waals surface area (Å²) in [6.07, 6.45) is 18.3. The average Bonchev–Trinajstić information content (AvgIpc) is 3.21. The van der Waals surface area contributed by atoms with Gasteiger partial charge in [0.25, 0.3) is 0 Å². The van der Waals surface area contributed by atoms with Gasteiger partial charge >= 0.3 is 0 Å². The van der Waals surface area contributed by atoms with Crippen LogP contribution in [0.4, 0.5) is 5.69 Å². The van der Waals surface area contributed by atoms with E-state index in [1.54, 1.807) is 0 Å². The van der Waals surface area contributed by atoms with Gasteiger partial charge in [0.05, 0.1) is 22.4 Å². The van der Waals surface area contributed by atoms with Crippen LogP contribution in [0.1, 0.15) is 18.3 Å². The summed E-state index contributed by atoms with van der Waals surface area (Å²) in [5, 5.41) is 2.46. The van der Waals surface area contributed by atoms with Crippen molar-refractivity contribution in [1.82, 2.24) is 9.97 Å². The summed E-state index contributed by atoms with van der Waals surface area (Å²) in [4.78, 5) is 12.1. The van der Waals surface area contributed by atoms with Gasteiger partial charge in [0.2, 0.25) is 0 Å². The number of aromatic nitrogens is 2. The molecule has 0 saturated carbocycles. The zero-order valence-electron chi connectivity index (χ0n) is 19.1. The highest BCUT2D eigenvalue weighted by Gasteiger charge is 2.18. The maximum absolute atomic E-state index is 4.90. The summed E-state index contributed by atoms with van der Waals surface area (Å²) >= 11 is 0. The van der Waals surface area contributed by atoms with Crippen molar-refractivity contribution in [2.24, 2.45) is 5.92 Å². The topological polar surface area (TPSA) is 29.0 Å². The lowest BCUT2D eigenvalue weighted by Gasteiger charge is -2.27. The Morgan fingerprint density at radius 3 is 2.44 bits per heavy atom. The summed E-state index contributed by atoms with van der Waals surface area (Å²) in [5.41, 5.74) is 7.16. The van der Waals surface area contributed by atoms with Crippen molar-refractivity contribution in [1.29, 1.82) is 0 Å². The highest BCUT2D eigenvalue weighted by molar-refractivity contribution is 5.87. The molecular weight excluding hydrogens is 414 g/mol. The number of nitrogens with zero attached hydrogens (tertiary/aromatic N) is 3. The Balaban J connectivity index is 1.47. The standard InChI is InChI=1S/C31H25N3/c1-22-7-6-10-25(15-13-22)34(27-16-14-23-8-2-3-9-24(23)21-27)26-17-19-30-31(20-18-26)33-29-12-5-4-11-28(29)32-30/h2-19,21-22H,20H2,1H3. The largest absolute Gasteiger partial charge is 0.311 e. The van der Waals surface area contributed by atoms with Crippen molar-refractivity contribution in [3.63, 3.8) is 0 Å². The third-order valence-electron chi connectivity index (χ3n) is 6.35. The van der Waals surface area contributed by atoms with E-state index >= 15 is 0 Å². The molecule has 3 aromatic carbocycles. The average molecular weight is 440 g/mol. The second kappa shape index (κ2) is 8.60. The number of anilines is 1. The molecule has 1 aromatic heterocycles. The zero-order valence-corrected chi connectivity index (χ0v) is 19.1. The molecule has 0 aliphatic heterocycles. The monoisotopic (exact) mass is 439 g/mol. The Hall–Kier alpha value is -4.24. The Morgan fingerprint density at radius 2 is 1.56 bits per heavy atom. The number of para-hydroxylation sites is 2. The highest BCUT2D eigenvalue weighted by Crippen LogP contribution is 2.32. The molecule has 0 N–H and O–H groups in total. The van der Waals surface area contributed by atoms with Gasteiger partial charge in [-0.15, -0.1) is 0 Å². The van der Waals surface area contributed by atoms with E-state index < -0.39 is 0 Å². The molecule has 164 valence electrons. The van der Waals surface area contributed by atoms with Gasteiger partial charge in [-0.3, -0.25) is 0 Å². The maximum atomic E-state index is 4.90. The number of allylic oxidation sites excluding steroid dienone is 7. The lowest BCUT2D eigenvalue weighted by molar-refractivity contribution is 0.940. The molecule has 1 atom stereocenters. The van der Waals surface area contributed by atoms with Gasteiger partial charge in [0, 0.05) is 23.5 Å². The minimum atomic E-state index is 0.399. The first kappa shape index (κ1) is 20.4. The smallest absolute Gasteiger partial charge is 0.0894 e. The molecule has 0 spiro atoms. The van der Waals surface area contributed by atoms with Crippen molar-refractivity contribution >= 4 is 33.6 Å². The number of hydrogen-bond acceptors (Lipinski definition) is 3. The van der Waals surface area contributed by atoms with Crippen molar-refractivity contribution in [2.45, 2.75) is 13.3 Å². The van der Waals surface area contributed by atoms with Crippen molar-refractivity contribution < 1.29 is 0 Å². The van der Waals surface area contributed by atoms with E-state index in [1.807, 2.05) is 24.3 Å². The molecule has 1 unspecified atom stereocenters. The van der Waals surface area contributed by atoms with Crippen molar-refractivity contribution in [3.8, 4) is 0 Å². The lowest BCUT2D eigenvalue weighted by atomic mass is 10.1. The molecule has 4 aromatic rings. The van der Waals surface area contributed by atoms with E-state index in [4.69, 9.17) is 9.97 Å². The fourth-order valence-corrected chi connectivity index (χ4v) is 4.54. The van der Waals surface area contributed by atoms with Crippen molar-refractivity contribution in [2.75, 3.05) is 4.90 Å². The molecule has 0 fully saturated rings. The predicted molar refractivity (Wildman–Crippen MR) is 142 cm³/mol. The fourth-order valence-electron chi connectivity index (χ4n) is 4.54. The first-order valence-electron chi connectivity index (χ1n) is 11.7. The Kier molecular flexibility index (Phi) is 5.15. The Morgan fingerprint density at radius 1 is 0.765 bits per heavy atom. The summed E-state index contributed by atoms with van der Waals surface area (Å²) in [6, 6.07) is 23.2. The second-order valence-corrected chi connectivity index (χ2v) is 8.77. The minimum absolute atomic E-state index is 0.399. The SMILES string of the molecule is CC1C=CC=C(N(C2=CCc3nc4ccccc4nc3C=C2)c2ccc3ccccc3c2)C=C1. The van der Waals surface area contributed by atoms with E-state index in [1.165, 1.54) is 10.8 Å². The Bertz CT molecular complexity index is 1550. The highest BCUT2D eigenvalue weighted by atomic mass is 15.2. The number of fused-ring (bicyclic) bond motifs is 3. The van der Waals surface area contributed by atoms with Crippen LogP contribution in [0, 0.1) is 5.92 Å². The molecule has 0 radical (unpaired) electrons. The molecule has 6 rings (SSSR count). The van der Waals surface area contributed by atoms with E-state index in [0.717, 1.165) is 45.9 Å². The van der Waals surface area contributed by atoms with Crippen LogP contribution in [-0.4, -0.2) is 9.97 Å².